The minimum atomic E-state index is -0.178. The van der Waals surface area contributed by atoms with Gasteiger partial charge in [-0.3, -0.25) is 4.98 Å². The quantitative estimate of drug-likeness (QED) is 0.945. The third-order valence-corrected chi connectivity index (χ3v) is 2.91. The molecule has 94 valence electrons. The number of aryl methyl sites for hydroxylation is 1. The average Bonchev–Trinajstić information content (AvgIpc) is 2.34. The van der Waals surface area contributed by atoms with Crippen LogP contribution in [0.15, 0.2) is 34.9 Å². The fourth-order valence-electron chi connectivity index (χ4n) is 1.57. The van der Waals surface area contributed by atoms with Gasteiger partial charge in [0, 0.05) is 16.4 Å². The highest BCUT2D eigenvalue weighted by Gasteiger charge is 2.11. The van der Waals surface area contributed by atoms with Crippen molar-refractivity contribution in [3.05, 3.63) is 46.3 Å². The Morgan fingerprint density at radius 1 is 1.39 bits per heavy atom. The van der Waals surface area contributed by atoms with Crippen molar-refractivity contribution in [2.75, 3.05) is 5.73 Å². The molecule has 0 spiro atoms. The van der Waals surface area contributed by atoms with Gasteiger partial charge in [-0.2, -0.15) is 0 Å². The zero-order valence-electron chi connectivity index (χ0n) is 10.2. The lowest BCUT2D eigenvalue weighted by atomic mass is 10.2. The van der Waals surface area contributed by atoms with Crippen LogP contribution in [0, 0.1) is 6.92 Å². The maximum Gasteiger partial charge on any atom is 0.166 e. The van der Waals surface area contributed by atoms with Crippen LogP contribution in [0.2, 0.25) is 0 Å². The summed E-state index contributed by atoms with van der Waals surface area (Å²) in [5.74, 6) is 0.929. The Balaban J connectivity index is 2.21. The maximum absolute atomic E-state index is 5.79. The first-order valence-corrected chi connectivity index (χ1v) is 6.37. The Morgan fingerprint density at radius 3 is 2.89 bits per heavy atom. The van der Waals surface area contributed by atoms with Crippen LogP contribution in [0.3, 0.4) is 0 Å². The number of nitrogen functional groups attached to an aromatic ring is 1. The van der Waals surface area contributed by atoms with Gasteiger partial charge in [-0.15, -0.1) is 0 Å². The van der Waals surface area contributed by atoms with Gasteiger partial charge < -0.3 is 10.5 Å². The van der Waals surface area contributed by atoms with E-state index in [0.29, 0.717) is 11.6 Å². The Morgan fingerprint density at radius 2 is 2.17 bits per heavy atom. The Bertz CT molecular complexity index is 560. The highest BCUT2D eigenvalue weighted by molar-refractivity contribution is 9.10. The van der Waals surface area contributed by atoms with Gasteiger partial charge in [0.25, 0.3) is 0 Å². The van der Waals surface area contributed by atoms with Crippen molar-refractivity contribution in [3.63, 3.8) is 0 Å². The SMILES string of the molecule is Cc1cccc([C@@H](C)Oc2cc(Br)cnc2N)n1. The number of nitrogens with two attached hydrogens (primary N) is 1. The van der Waals surface area contributed by atoms with E-state index in [4.69, 9.17) is 10.5 Å². The maximum atomic E-state index is 5.79. The van der Waals surface area contributed by atoms with Crippen LogP contribution < -0.4 is 10.5 Å². The highest BCUT2D eigenvalue weighted by Crippen LogP contribution is 2.27. The fraction of sp³-hybridized carbons (Fsp3) is 0.231. The molecule has 2 rings (SSSR count). The summed E-state index contributed by atoms with van der Waals surface area (Å²) in [6.07, 6.45) is 1.46. The van der Waals surface area contributed by atoms with Crippen LogP contribution in [0.4, 0.5) is 5.82 Å². The van der Waals surface area contributed by atoms with Gasteiger partial charge >= 0.3 is 0 Å². The number of ether oxygens (including phenoxy) is 1. The first kappa shape index (κ1) is 12.8. The number of rotatable bonds is 3. The Kier molecular flexibility index (Phi) is 3.81. The number of hydrogen-bond donors (Lipinski definition) is 1. The summed E-state index contributed by atoms with van der Waals surface area (Å²) < 4.78 is 6.62. The van der Waals surface area contributed by atoms with Crippen LogP contribution in [0.25, 0.3) is 0 Å². The molecule has 0 aliphatic heterocycles. The van der Waals surface area contributed by atoms with Gasteiger partial charge in [0.1, 0.15) is 6.10 Å². The molecule has 0 amide bonds. The lowest BCUT2D eigenvalue weighted by Crippen LogP contribution is -2.08. The Labute approximate surface area is 114 Å². The van der Waals surface area contributed by atoms with Gasteiger partial charge in [-0.1, -0.05) is 6.07 Å². The van der Waals surface area contributed by atoms with Gasteiger partial charge in [-0.05, 0) is 48.0 Å². The van der Waals surface area contributed by atoms with Crippen LogP contribution in [0.5, 0.6) is 5.75 Å². The van der Waals surface area contributed by atoms with E-state index in [0.717, 1.165) is 15.9 Å². The van der Waals surface area contributed by atoms with E-state index < -0.39 is 0 Å². The molecule has 0 unspecified atom stereocenters. The highest BCUT2D eigenvalue weighted by atomic mass is 79.9. The summed E-state index contributed by atoms with van der Waals surface area (Å²) in [6, 6.07) is 7.64. The second-order valence-corrected chi connectivity index (χ2v) is 4.92. The predicted molar refractivity (Wildman–Crippen MR) is 74.4 cm³/mol. The molecule has 0 saturated heterocycles. The number of nitrogens with zero attached hydrogens (tertiary/aromatic N) is 2. The molecule has 0 radical (unpaired) electrons. The second kappa shape index (κ2) is 5.35. The topological polar surface area (TPSA) is 61.0 Å². The zero-order chi connectivity index (χ0) is 13.1. The molecule has 0 fully saturated rings. The van der Waals surface area contributed by atoms with E-state index >= 15 is 0 Å². The van der Waals surface area contributed by atoms with E-state index in [1.165, 1.54) is 0 Å². The third kappa shape index (κ3) is 2.98. The molecule has 2 N–H and O–H groups in total. The number of halogens is 1. The van der Waals surface area contributed by atoms with Gasteiger partial charge in [0.15, 0.2) is 11.6 Å². The molecule has 1 atom stereocenters. The molecule has 4 nitrogen and oxygen atoms in total. The number of pyridine rings is 2. The van der Waals surface area contributed by atoms with Crippen molar-refractivity contribution < 1.29 is 4.74 Å². The third-order valence-electron chi connectivity index (χ3n) is 2.48. The van der Waals surface area contributed by atoms with Gasteiger partial charge in [0.2, 0.25) is 0 Å². The minimum Gasteiger partial charge on any atom is -0.481 e. The average molecular weight is 308 g/mol. The summed E-state index contributed by atoms with van der Waals surface area (Å²) in [7, 11) is 0. The van der Waals surface area contributed by atoms with Crippen molar-refractivity contribution in [3.8, 4) is 5.75 Å². The molecule has 2 aromatic rings. The Hall–Kier alpha value is -1.62. The van der Waals surface area contributed by atoms with E-state index in [9.17, 15) is 0 Å². The summed E-state index contributed by atoms with van der Waals surface area (Å²) >= 11 is 3.34. The number of aromatic nitrogens is 2. The van der Waals surface area contributed by atoms with Crippen molar-refractivity contribution >= 4 is 21.7 Å². The zero-order valence-corrected chi connectivity index (χ0v) is 11.8. The van der Waals surface area contributed by atoms with Crippen LogP contribution >= 0.6 is 15.9 Å². The molecule has 0 aliphatic rings. The van der Waals surface area contributed by atoms with Crippen molar-refractivity contribution in [1.29, 1.82) is 0 Å². The fourth-order valence-corrected chi connectivity index (χ4v) is 1.88. The van der Waals surface area contributed by atoms with E-state index in [1.807, 2.05) is 32.0 Å². The van der Waals surface area contributed by atoms with Gasteiger partial charge in [-0.25, -0.2) is 4.98 Å². The molecule has 0 bridgehead atoms. The first-order valence-electron chi connectivity index (χ1n) is 5.57. The monoisotopic (exact) mass is 307 g/mol. The second-order valence-electron chi connectivity index (χ2n) is 4.00. The smallest absolute Gasteiger partial charge is 0.166 e. The molecular weight excluding hydrogens is 294 g/mol. The molecule has 5 heteroatoms. The summed E-state index contributed by atoms with van der Waals surface area (Å²) in [5.41, 5.74) is 7.60. The molecule has 0 aliphatic carbocycles. The first-order chi connectivity index (χ1) is 8.56. The summed E-state index contributed by atoms with van der Waals surface area (Å²) in [4.78, 5) is 8.45. The van der Waals surface area contributed by atoms with Crippen LogP contribution in [0.1, 0.15) is 24.4 Å². The van der Waals surface area contributed by atoms with E-state index in [1.54, 1.807) is 12.3 Å². The summed E-state index contributed by atoms with van der Waals surface area (Å²) in [6.45, 7) is 3.88. The lowest BCUT2D eigenvalue weighted by Gasteiger charge is -2.15. The largest absolute Gasteiger partial charge is 0.481 e. The predicted octanol–water partition coefficient (Wildman–Crippen LogP) is 3.27. The number of hydrogen-bond acceptors (Lipinski definition) is 4. The molecule has 18 heavy (non-hydrogen) atoms. The molecular formula is C13H14BrN3O. The van der Waals surface area contributed by atoms with Crippen molar-refractivity contribution in [1.82, 2.24) is 9.97 Å². The van der Waals surface area contributed by atoms with Crippen molar-refractivity contribution in [2.24, 2.45) is 0 Å². The van der Waals surface area contributed by atoms with Crippen molar-refractivity contribution in [2.45, 2.75) is 20.0 Å². The molecule has 2 heterocycles. The number of anilines is 1. The summed E-state index contributed by atoms with van der Waals surface area (Å²) in [5, 5.41) is 0. The molecule has 0 aromatic carbocycles. The lowest BCUT2D eigenvalue weighted by molar-refractivity contribution is 0.222. The van der Waals surface area contributed by atoms with Crippen LogP contribution in [-0.4, -0.2) is 9.97 Å². The normalized spacial score (nSPS) is 12.2. The molecule has 0 saturated carbocycles. The van der Waals surface area contributed by atoms with Gasteiger partial charge in [0.05, 0.1) is 5.69 Å². The molecule has 2 aromatic heterocycles. The van der Waals surface area contributed by atoms with Crippen LogP contribution in [-0.2, 0) is 0 Å². The van der Waals surface area contributed by atoms with E-state index in [-0.39, 0.29) is 6.10 Å². The standard InChI is InChI=1S/C13H14BrN3O/c1-8-4-3-5-11(17-8)9(2)18-12-6-10(14)7-16-13(12)15/h3-7,9H,1-2H3,(H2,15,16)/t9-/m1/s1. The minimum absolute atomic E-state index is 0.178. The van der Waals surface area contributed by atoms with E-state index in [2.05, 4.69) is 25.9 Å².